The molecule has 3 aromatic carbocycles. The zero-order valence-electron chi connectivity index (χ0n) is 15.6. The molecule has 4 N–H and O–H groups in total. The number of primary sulfonamides is 1. The van der Waals surface area contributed by atoms with Crippen molar-refractivity contribution in [3.63, 3.8) is 0 Å². The highest BCUT2D eigenvalue weighted by Crippen LogP contribution is 2.47. The van der Waals surface area contributed by atoms with E-state index < -0.39 is 40.1 Å². The van der Waals surface area contributed by atoms with Crippen LogP contribution in [0.2, 0.25) is 0 Å². The molecule has 0 spiro atoms. The fourth-order valence-electron chi connectivity index (χ4n) is 3.72. The van der Waals surface area contributed by atoms with Crippen molar-refractivity contribution in [2.45, 2.75) is 14.7 Å². The summed E-state index contributed by atoms with van der Waals surface area (Å²) in [6.07, 6.45) is 0. The quantitative estimate of drug-likeness (QED) is 0.310. The van der Waals surface area contributed by atoms with Gasteiger partial charge >= 0.3 is 0 Å². The van der Waals surface area contributed by atoms with Crippen LogP contribution in [0.5, 0.6) is 0 Å². The van der Waals surface area contributed by atoms with E-state index in [-0.39, 0.29) is 43.8 Å². The van der Waals surface area contributed by atoms with E-state index in [1.54, 1.807) is 0 Å². The summed E-state index contributed by atoms with van der Waals surface area (Å²) in [6, 6.07) is 8.27. The molecular weight excluding hydrogens is 482 g/mol. The van der Waals surface area contributed by atoms with Crippen LogP contribution >= 0.6 is 0 Å². The monoisotopic (exact) mass is 493 g/mol. The molecule has 0 saturated carbocycles. The van der Waals surface area contributed by atoms with Crippen molar-refractivity contribution in [2.24, 2.45) is 5.14 Å². The molecule has 4 aromatic rings. The molecule has 11 nitrogen and oxygen atoms in total. The molecule has 32 heavy (non-hydrogen) atoms. The predicted octanol–water partition coefficient (Wildman–Crippen LogP) is 1.57. The second-order valence-corrected chi connectivity index (χ2v) is 11.5. The van der Waals surface area contributed by atoms with Crippen LogP contribution in [-0.4, -0.2) is 44.3 Å². The summed E-state index contributed by atoms with van der Waals surface area (Å²) >= 11 is 0. The number of fused-ring (bicyclic) bond motifs is 4. The Morgan fingerprint density at radius 2 is 1.19 bits per heavy atom. The number of nitrogens with two attached hydrogens (primary N) is 1. The molecular formula is C18H11N3O8S3. The summed E-state index contributed by atoms with van der Waals surface area (Å²) in [5.41, 5.74) is 1.26. The molecule has 0 aliphatic heterocycles. The van der Waals surface area contributed by atoms with Crippen LogP contribution < -0.4 is 5.14 Å². The zero-order valence-corrected chi connectivity index (χ0v) is 18.0. The molecule has 1 aromatic heterocycles. The van der Waals surface area contributed by atoms with Crippen molar-refractivity contribution in [1.29, 1.82) is 0 Å². The summed E-state index contributed by atoms with van der Waals surface area (Å²) in [5.74, 6) is 0. The third kappa shape index (κ3) is 3.16. The van der Waals surface area contributed by atoms with E-state index in [0.717, 1.165) is 18.2 Å². The van der Waals surface area contributed by atoms with E-state index in [4.69, 9.17) is 5.14 Å². The summed E-state index contributed by atoms with van der Waals surface area (Å²) < 4.78 is 89.4. The highest BCUT2D eigenvalue weighted by molar-refractivity contribution is 7.89. The van der Waals surface area contributed by atoms with Gasteiger partial charge in [-0.25, -0.2) is 23.5 Å². The average molecular weight is 494 g/mol. The van der Waals surface area contributed by atoms with E-state index in [2.05, 4.69) is 9.97 Å². The van der Waals surface area contributed by atoms with Crippen molar-refractivity contribution in [3.8, 4) is 22.5 Å². The Bertz CT molecular complexity index is 1840. The van der Waals surface area contributed by atoms with Gasteiger partial charge in [0.1, 0.15) is 0 Å². The van der Waals surface area contributed by atoms with Gasteiger partial charge in [-0.05, 0) is 47.9 Å². The lowest BCUT2D eigenvalue weighted by molar-refractivity contribution is 0.481. The van der Waals surface area contributed by atoms with Crippen LogP contribution in [0.25, 0.3) is 44.3 Å². The summed E-state index contributed by atoms with van der Waals surface area (Å²) in [6.45, 7) is 0. The topological polar surface area (TPSA) is 195 Å². The first kappa shape index (κ1) is 20.9. The molecule has 1 heterocycles. The Morgan fingerprint density at radius 3 is 1.75 bits per heavy atom. The number of nitrogens with zero attached hydrogens (tertiary/aromatic N) is 2. The van der Waals surface area contributed by atoms with Gasteiger partial charge in [0.15, 0.2) is 0 Å². The molecule has 0 atom stereocenters. The van der Waals surface area contributed by atoms with Crippen LogP contribution in [0.15, 0.2) is 57.2 Å². The smallest absolute Gasteiger partial charge is 0.282 e. The highest BCUT2D eigenvalue weighted by atomic mass is 32.2. The predicted molar refractivity (Wildman–Crippen MR) is 112 cm³/mol. The maximum absolute atomic E-state index is 12.0. The van der Waals surface area contributed by atoms with Crippen LogP contribution in [0.4, 0.5) is 0 Å². The van der Waals surface area contributed by atoms with Crippen molar-refractivity contribution >= 4 is 52.1 Å². The summed E-state index contributed by atoms with van der Waals surface area (Å²) in [7, 11) is -13.3. The lowest BCUT2D eigenvalue weighted by Crippen LogP contribution is -2.12. The maximum Gasteiger partial charge on any atom is 0.294 e. The average Bonchev–Trinajstić information content (AvgIpc) is 2.98. The highest BCUT2D eigenvalue weighted by Gasteiger charge is 2.29. The Labute approximate surface area is 181 Å². The molecule has 0 unspecified atom stereocenters. The van der Waals surface area contributed by atoms with Gasteiger partial charge in [0.2, 0.25) is 10.0 Å². The SMILES string of the molecule is NS(=O)(=O)c1cc2c3c(cc(S(=O)(=O)O)cc3c1)-c1nc3ccc(S(=O)(=O)O)cc3nc1-2. The first-order chi connectivity index (χ1) is 14.7. The number of hydrogen-bond donors (Lipinski definition) is 3. The Kier molecular flexibility index (Phi) is 4.09. The second-order valence-electron chi connectivity index (χ2n) is 7.11. The van der Waals surface area contributed by atoms with Gasteiger partial charge < -0.3 is 0 Å². The second kappa shape index (κ2) is 6.28. The first-order valence-corrected chi connectivity index (χ1v) is 13.1. The van der Waals surface area contributed by atoms with Crippen LogP contribution in [0, 0.1) is 0 Å². The van der Waals surface area contributed by atoms with Crippen molar-refractivity contribution in [3.05, 3.63) is 42.5 Å². The lowest BCUT2D eigenvalue weighted by atomic mass is 10.0. The van der Waals surface area contributed by atoms with Crippen molar-refractivity contribution in [1.82, 2.24) is 9.97 Å². The minimum Gasteiger partial charge on any atom is -0.282 e. The van der Waals surface area contributed by atoms with Gasteiger partial charge in [0.05, 0.1) is 37.1 Å². The molecule has 164 valence electrons. The number of benzene rings is 3. The van der Waals surface area contributed by atoms with Gasteiger partial charge in [-0.1, -0.05) is 0 Å². The molecule has 14 heteroatoms. The molecule has 0 fully saturated rings. The fourth-order valence-corrected chi connectivity index (χ4v) is 5.33. The van der Waals surface area contributed by atoms with E-state index in [0.29, 0.717) is 5.39 Å². The van der Waals surface area contributed by atoms with Gasteiger partial charge in [-0.3, -0.25) is 9.11 Å². The van der Waals surface area contributed by atoms with E-state index in [1.165, 1.54) is 24.3 Å². The normalized spacial score (nSPS) is 13.6. The van der Waals surface area contributed by atoms with E-state index in [9.17, 15) is 34.4 Å². The number of hydrogen-bond acceptors (Lipinski definition) is 8. The molecule has 1 aliphatic rings. The molecule has 0 saturated heterocycles. The molecule has 1 aliphatic carbocycles. The Balaban J connectivity index is 1.94. The zero-order chi connectivity index (χ0) is 23.2. The standard InChI is InChI=1S/C18H11N3O8S3/c19-30(22,23)10-3-8-4-11(32(27,28)29)6-13-16(8)12(5-10)18-17(13)20-14-2-1-9(31(24,25)26)7-15(14)21-18/h1-7H,(H2,19,22,23)(H,24,25,26)(H,27,28,29). The fraction of sp³-hybridized carbons (Fsp3) is 0. The van der Waals surface area contributed by atoms with Crippen LogP contribution in [-0.2, 0) is 30.3 Å². The van der Waals surface area contributed by atoms with Crippen LogP contribution in [0.1, 0.15) is 0 Å². The number of sulfonamides is 1. The van der Waals surface area contributed by atoms with Gasteiger partial charge in [0, 0.05) is 16.5 Å². The van der Waals surface area contributed by atoms with Gasteiger partial charge in [-0.15, -0.1) is 0 Å². The third-order valence-corrected chi connectivity index (χ3v) is 7.64. The third-order valence-electron chi connectivity index (χ3n) is 5.07. The van der Waals surface area contributed by atoms with Gasteiger partial charge in [0.25, 0.3) is 20.2 Å². The Morgan fingerprint density at radius 1 is 0.656 bits per heavy atom. The summed E-state index contributed by atoms with van der Waals surface area (Å²) in [5, 5.41) is 5.87. The maximum atomic E-state index is 12.0. The van der Waals surface area contributed by atoms with E-state index in [1.807, 2.05) is 0 Å². The lowest BCUT2D eigenvalue weighted by Gasteiger charge is -2.07. The summed E-state index contributed by atoms with van der Waals surface area (Å²) in [4.78, 5) is 7.63. The number of aromatic nitrogens is 2. The van der Waals surface area contributed by atoms with Crippen LogP contribution in [0.3, 0.4) is 0 Å². The first-order valence-electron chi connectivity index (χ1n) is 8.66. The van der Waals surface area contributed by atoms with Crippen molar-refractivity contribution < 1.29 is 34.4 Å². The Hall–Kier alpha value is -3.01. The molecule has 5 rings (SSSR count). The van der Waals surface area contributed by atoms with E-state index >= 15 is 0 Å². The molecule has 0 radical (unpaired) electrons. The minimum atomic E-state index is -4.64. The molecule has 0 bridgehead atoms. The largest absolute Gasteiger partial charge is 0.294 e. The van der Waals surface area contributed by atoms with Crippen molar-refractivity contribution in [2.75, 3.05) is 0 Å². The van der Waals surface area contributed by atoms with Gasteiger partial charge in [-0.2, -0.15) is 16.8 Å². The number of rotatable bonds is 3. The molecule has 0 amide bonds. The minimum absolute atomic E-state index is 0.0934.